The van der Waals surface area contributed by atoms with Gasteiger partial charge in [-0.1, -0.05) is 70.0 Å². The van der Waals surface area contributed by atoms with Gasteiger partial charge in [-0.3, -0.25) is 0 Å². The van der Waals surface area contributed by atoms with Crippen LogP contribution >= 0.6 is 24.8 Å². The summed E-state index contributed by atoms with van der Waals surface area (Å²) in [7, 11) is 0. The molecule has 3 heteroatoms. The van der Waals surface area contributed by atoms with Crippen molar-refractivity contribution in [1.82, 2.24) is 5.32 Å². The third-order valence-electron chi connectivity index (χ3n) is 3.43. The van der Waals surface area contributed by atoms with Gasteiger partial charge in [0.2, 0.25) is 0 Å². The number of nitrogens with one attached hydrogen (secondary N) is 1. The van der Waals surface area contributed by atoms with Crippen LogP contribution in [0.3, 0.4) is 0 Å². The van der Waals surface area contributed by atoms with Crippen LogP contribution < -0.4 is 5.32 Å². The van der Waals surface area contributed by atoms with Crippen LogP contribution in [0, 0.1) is 0 Å². The van der Waals surface area contributed by atoms with E-state index < -0.39 is 0 Å². The Kier molecular flexibility index (Phi) is 8.30. The first-order valence-electron chi connectivity index (χ1n) is 6.78. The van der Waals surface area contributed by atoms with Crippen molar-refractivity contribution in [3.63, 3.8) is 0 Å². The first-order valence-corrected chi connectivity index (χ1v) is 7.64. The fourth-order valence-electron chi connectivity index (χ4n) is 2.48. The summed E-state index contributed by atoms with van der Waals surface area (Å²) < 4.78 is 0.664. The molecule has 0 unspecified atom stereocenters. The number of hydrogen-bond donors (Lipinski definition) is 2. The molecule has 0 amide bonds. The summed E-state index contributed by atoms with van der Waals surface area (Å²) in [6, 6.07) is 0.574. The van der Waals surface area contributed by atoms with Gasteiger partial charge in [0.25, 0.3) is 0 Å². The maximum absolute atomic E-state index is 5.02. The van der Waals surface area contributed by atoms with Gasteiger partial charge in [0.15, 0.2) is 0 Å². The van der Waals surface area contributed by atoms with E-state index in [4.69, 9.17) is 12.2 Å². The summed E-state index contributed by atoms with van der Waals surface area (Å²) in [5, 5.41) is 3.33. The maximum Gasteiger partial charge on any atom is 0.130 e. The second-order valence-electron chi connectivity index (χ2n) is 4.91. The molecule has 1 aliphatic carbocycles. The normalized spacial score (nSPS) is 21.8. The predicted octanol–water partition coefficient (Wildman–Crippen LogP) is 4.46. The molecule has 0 saturated heterocycles. The van der Waals surface area contributed by atoms with Crippen molar-refractivity contribution in [2.45, 2.75) is 76.7 Å². The average molecular weight is 259 g/mol. The monoisotopic (exact) mass is 259 g/mol. The Morgan fingerprint density at radius 2 is 1.19 bits per heavy atom. The second-order valence-corrected chi connectivity index (χ2v) is 6.06. The van der Waals surface area contributed by atoms with Gasteiger partial charge in [0.05, 0.1) is 0 Å². The van der Waals surface area contributed by atoms with E-state index in [9.17, 15) is 0 Å². The molecule has 0 radical (unpaired) electrons. The van der Waals surface area contributed by atoms with Gasteiger partial charge in [-0.25, -0.2) is 0 Å². The summed E-state index contributed by atoms with van der Waals surface area (Å²) in [6.07, 6.45) is 15.1. The highest BCUT2D eigenvalue weighted by Gasteiger charge is 2.09. The van der Waals surface area contributed by atoms with Gasteiger partial charge in [-0.15, -0.1) is 12.6 Å². The number of hydrogen-bond acceptors (Lipinski definition) is 1. The lowest BCUT2D eigenvalue weighted by Crippen LogP contribution is -2.31. The van der Waals surface area contributed by atoms with Crippen LogP contribution in [-0.4, -0.2) is 10.4 Å². The molecule has 0 aromatic carbocycles. The molecule has 1 saturated carbocycles. The Morgan fingerprint density at radius 3 is 1.56 bits per heavy atom. The Morgan fingerprint density at radius 1 is 0.812 bits per heavy atom. The van der Waals surface area contributed by atoms with E-state index in [-0.39, 0.29) is 0 Å². The van der Waals surface area contributed by atoms with Crippen molar-refractivity contribution in [1.29, 1.82) is 0 Å². The smallest absolute Gasteiger partial charge is 0.130 e. The summed E-state index contributed by atoms with van der Waals surface area (Å²) in [6.45, 7) is 0. The molecule has 0 bridgehead atoms. The molecular formula is C13H25NS2. The van der Waals surface area contributed by atoms with Gasteiger partial charge in [-0.05, 0) is 12.8 Å². The lowest BCUT2D eigenvalue weighted by atomic mass is 9.98. The SMILES string of the molecule is S=C(S)NC1CCCCCCCCCCC1. The Bertz CT molecular complexity index is 182. The molecule has 94 valence electrons. The van der Waals surface area contributed by atoms with E-state index in [0.717, 1.165) is 0 Å². The Labute approximate surface area is 111 Å². The fourth-order valence-corrected chi connectivity index (χ4v) is 2.83. The van der Waals surface area contributed by atoms with E-state index in [0.29, 0.717) is 10.4 Å². The second kappa shape index (κ2) is 9.29. The third-order valence-corrected chi connectivity index (χ3v) is 3.68. The van der Waals surface area contributed by atoms with Crippen LogP contribution in [0.1, 0.15) is 70.6 Å². The quantitative estimate of drug-likeness (QED) is 0.532. The highest BCUT2D eigenvalue weighted by atomic mass is 32.1. The average Bonchev–Trinajstić information content (AvgIpc) is 2.21. The third kappa shape index (κ3) is 7.50. The molecule has 1 N–H and O–H groups in total. The zero-order valence-corrected chi connectivity index (χ0v) is 11.9. The highest BCUT2D eigenvalue weighted by molar-refractivity contribution is 8.11. The van der Waals surface area contributed by atoms with E-state index >= 15 is 0 Å². The van der Waals surface area contributed by atoms with Crippen LogP contribution in [0.25, 0.3) is 0 Å². The minimum Gasteiger partial charge on any atom is -0.368 e. The van der Waals surface area contributed by atoms with Gasteiger partial charge >= 0.3 is 0 Å². The van der Waals surface area contributed by atoms with Crippen LogP contribution in [0.5, 0.6) is 0 Å². The Hall–Kier alpha value is 0.240. The zero-order chi connectivity index (χ0) is 11.6. The first-order chi connectivity index (χ1) is 7.79. The van der Waals surface area contributed by atoms with Gasteiger partial charge in [0, 0.05) is 6.04 Å². The number of thiol groups is 1. The van der Waals surface area contributed by atoms with E-state index in [1.807, 2.05) is 0 Å². The summed E-state index contributed by atoms with van der Waals surface area (Å²) in [4.78, 5) is 0. The molecule has 0 aromatic rings. The molecule has 0 aliphatic heterocycles. The summed E-state index contributed by atoms with van der Waals surface area (Å²) >= 11 is 9.19. The molecule has 0 spiro atoms. The van der Waals surface area contributed by atoms with E-state index in [2.05, 4.69) is 17.9 Å². The van der Waals surface area contributed by atoms with Crippen LogP contribution in [0.4, 0.5) is 0 Å². The van der Waals surface area contributed by atoms with E-state index in [1.165, 1.54) is 70.6 Å². The van der Waals surface area contributed by atoms with Gasteiger partial charge < -0.3 is 5.32 Å². The number of thiocarbonyl (C=S) groups is 1. The molecule has 1 aliphatic rings. The van der Waals surface area contributed by atoms with Crippen molar-refractivity contribution in [3.05, 3.63) is 0 Å². The Balaban J connectivity index is 2.27. The minimum absolute atomic E-state index is 0.574. The van der Waals surface area contributed by atoms with Crippen molar-refractivity contribution in [3.8, 4) is 0 Å². The van der Waals surface area contributed by atoms with Gasteiger partial charge in [-0.2, -0.15) is 0 Å². The molecule has 0 atom stereocenters. The topological polar surface area (TPSA) is 12.0 Å². The lowest BCUT2D eigenvalue weighted by Gasteiger charge is -2.19. The minimum atomic E-state index is 0.574. The predicted molar refractivity (Wildman–Crippen MR) is 79.3 cm³/mol. The molecule has 0 heterocycles. The largest absolute Gasteiger partial charge is 0.368 e. The molecule has 1 nitrogen and oxygen atoms in total. The zero-order valence-electron chi connectivity index (χ0n) is 10.2. The van der Waals surface area contributed by atoms with Crippen molar-refractivity contribution >= 4 is 29.2 Å². The van der Waals surface area contributed by atoms with Crippen LogP contribution in [0.15, 0.2) is 0 Å². The fraction of sp³-hybridized carbons (Fsp3) is 0.923. The standard InChI is InChI=1S/C13H25NS2/c15-13(16)14-12-10-8-6-4-2-1-3-5-7-9-11-12/h12H,1-11H2,(H2,14,15,16). The van der Waals surface area contributed by atoms with E-state index in [1.54, 1.807) is 0 Å². The molecule has 16 heavy (non-hydrogen) atoms. The molecular weight excluding hydrogens is 234 g/mol. The van der Waals surface area contributed by atoms with Crippen molar-refractivity contribution in [2.24, 2.45) is 0 Å². The first kappa shape index (κ1) is 14.3. The van der Waals surface area contributed by atoms with Crippen molar-refractivity contribution in [2.75, 3.05) is 0 Å². The maximum atomic E-state index is 5.02. The molecule has 0 aromatic heterocycles. The van der Waals surface area contributed by atoms with Crippen LogP contribution in [-0.2, 0) is 0 Å². The molecule has 1 rings (SSSR count). The number of rotatable bonds is 1. The highest BCUT2D eigenvalue weighted by Crippen LogP contribution is 2.17. The summed E-state index contributed by atoms with van der Waals surface area (Å²) in [5.41, 5.74) is 0. The summed E-state index contributed by atoms with van der Waals surface area (Å²) in [5.74, 6) is 0. The van der Waals surface area contributed by atoms with Gasteiger partial charge in [0.1, 0.15) is 4.32 Å². The van der Waals surface area contributed by atoms with Crippen LogP contribution in [0.2, 0.25) is 0 Å². The van der Waals surface area contributed by atoms with Crippen molar-refractivity contribution < 1.29 is 0 Å². The lowest BCUT2D eigenvalue weighted by molar-refractivity contribution is 0.445. The molecule has 1 fully saturated rings.